The van der Waals surface area contributed by atoms with E-state index in [1.54, 1.807) is 6.92 Å². The summed E-state index contributed by atoms with van der Waals surface area (Å²) in [5.41, 5.74) is 5.42. The highest BCUT2D eigenvalue weighted by molar-refractivity contribution is 7.89. The van der Waals surface area contributed by atoms with Crippen LogP contribution in [0.2, 0.25) is 0 Å². The maximum Gasteiger partial charge on any atom is 0.218 e. The number of rotatable bonds is 5. The first-order chi connectivity index (χ1) is 7.52. The second-order valence-electron chi connectivity index (χ2n) is 4.17. The number of hydrogen-bond donors (Lipinski definition) is 1. The molecule has 1 heterocycles. The Morgan fingerprint density at radius 1 is 1.56 bits per heavy atom. The van der Waals surface area contributed by atoms with Gasteiger partial charge >= 0.3 is 0 Å². The third kappa shape index (κ3) is 3.16. The van der Waals surface area contributed by atoms with Crippen LogP contribution in [0.3, 0.4) is 0 Å². The first-order valence-electron chi connectivity index (χ1n) is 5.83. The predicted molar refractivity (Wildman–Crippen MR) is 63.7 cm³/mol. The summed E-state index contributed by atoms with van der Waals surface area (Å²) < 4.78 is 31.1. The zero-order valence-electron chi connectivity index (χ0n) is 10.1. The number of piperidine rings is 1. The van der Waals surface area contributed by atoms with Gasteiger partial charge in [-0.1, -0.05) is 0 Å². The van der Waals surface area contributed by atoms with Crippen molar-refractivity contribution >= 4 is 10.0 Å². The van der Waals surface area contributed by atoms with Crippen molar-refractivity contribution in [2.24, 2.45) is 5.73 Å². The lowest BCUT2D eigenvalue weighted by atomic mass is 10.1. The molecule has 0 spiro atoms. The molecule has 0 amide bonds. The fourth-order valence-electron chi connectivity index (χ4n) is 1.88. The first-order valence-corrected chi connectivity index (χ1v) is 7.33. The van der Waals surface area contributed by atoms with Crippen molar-refractivity contribution in [1.29, 1.82) is 0 Å². The minimum absolute atomic E-state index is 0.0403. The molecule has 2 N–H and O–H groups in total. The fourth-order valence-corrected chi connectivity index (χ4v) is 3.39. The molecular weight excluding hydrogens is 228 g/mol. The Kier molecular flexibility index (Phi) is 5.17. The molecule has 0 bridgehead atoms. The van der Waals surface area contributed by atoms with E-state index in [-0.39, 0.29) is 12.6 Å². The van der Waals surface area contributed by atoms with Crippen LogP contribution in [0.15, 0.2) is 0 Å². The molecule has 1 saturated heterocycles. The van der Waals surface area contributed by atoms with Gasteiger partial charge in [0.25, 0.3) is 0 Å². The van der Waals surface area contributed by atoms with E-state index in [0.29, 0.717) is 19.7 Å². The van der Waals surface area contributed by atoms with Gasteiger partial charge in [-0.15, -0.1) is 0 Å². The van der Waals surface area contributed by atoms with Crippen LogP contribution in [-0.4, -0.2) is 50.3 Å². The van der Waals surface area contributed by atoms with Gasteiger partial charge in [0.05, 0.1) is 11.4 Å². The number of sulfonamides is 1. The lowest BCUT2D eigenvalue weighted by Crippen LogP contribution is -2.47. The van der Waals surface area contributed by atoms with Crippen LogP contribution in [0, 0.1) is 0 Å². The molecule has 1 fully saturated rings. The Labute approximate surface area is 98.0 Å². The van der Waals surface area contributed by atoms with Gasteiger partial charge in [-0.2, -0.15) is 4.31 Å². The van der Waals surface area contributed by atoms with Crippen LogP contribution in [-0.2, 0) is 14.8 Å². The fraction of sp³-hybridized carbons (Fsp3) is 1.00. The standard InChI is InChI=1S/C10H22N2O3S/c1-3-15-10-5-4-6-12(8-10)16(13,14)9(2)7-11/h9-10H,3-8,11H2,1-2H3. The second kappa shape index (κ2) is 5.95. The van der Waals surface area contributed by atoms with E-state index >= 15 is 0 Å². The summed E-state index contributed by atoms with van der Waals surface area (Å²) in [5, 5.41) is -0.507. The summed E-state index contributed by atoms with van der Waals surface area (Å²) in [6, 6.07) is 0. The molecule has 5 nitrogen and oxygen atoms in total. The molecule has 2 unspecified atom stereocenters. The van der Waals surface area contributed by atoms with Gasteiger partial charge in [-0.25, -0.2) is 8.42 Å². The lowest BCUT2D eigenvalue weighted by Gasteiger charge is -2.33. The molecule has 0 radical (unpaired) electrons. The predicted octanol–water partition coefficient (Wildman–Crippen LogP) is 0.164. The molecule has 96 valence electrons. The van der Waals surface area contributed by atoms with Crippen LogP contribution >= 0.6 is 0 Å². The van der Waals surface area contributed by atoms with Gasteiger partial charge < -0.3 is 10.5 Å². The highest BCUT2D eigenvalue weighted by Crippen LogP contribution is 2.18. The van der Waals surface area contributed by atoms with E-state index in [1.165, 1.54) is 4.31 Å². The van der Waals surface area contributed by atoms with Gasteiger partial charge in [0.15, 0.2) is 0 Å². The van der Waals surface area contributed by atoms with Crippen molar-refractivity contribution in [2.45, 2.75) is 38.0 Å². The molecule has 0 aromatic carbocycles. The van der Waals surface area contributed by atoms with Crippen molar-refractivity contribution in [1.82, 2.24) is 4.31 Å². The largest absolute Gasteiger partial charge is 0.377 e. The molecule has 1 aliphatic rings. The van der Waals surface area contributed by atoms with Gasteiger partial charge in [0.1, 0.15) is 0 Å². The topological polar surface area (TPSA) is 72.6 Å². The molecule has 1 aliphatic heterocycles. The van der Waals surface area contributed by atoms with Crippen LogP contribution in [0.1, 0.15) is 26.7 Å². The summed E-state index contributed by atoms with van der Waals surface area (Å²) in [6.07, 6.45) is 1.84. The molecule has 1 rings (SSSR count). The minimum Gasteiger partial charge on any atom is -0.377 e. The van der Waals surface area contributed by atoms with E-state index in [9.17, 15) is 8.42 Å². The van der Waals surface area contributed by atoms with Crippen LogP contribution in [0.4, 0.5) is 0 Å². The van der Waals surface area contributed by atoms with Crippen molar-refractivity contribution < 1.29 is 13.2 Å². The Morgan fingerprint density at radius 3 is 2.81 bits per heavy atom. The summed E-state index contributed by atoms with van der Waals surface area (Å²) in [7, 11) is -3.24. The Morgan fingerprint density at radius 2 is 2.25 bits per heavy atom. The van der Waals surface area contributed by atoms with Gasteiger partial charge in [0, 0.05) is 26.2 Å². The zero-order chi connectivity index (χ0) is 12.2. The van der Waals surface area contributed by atoms with E-state index in [2.05, 4.69) is 0 Å². The average molecular weight is 250 g/mol. The molecule has 6 heteroatoms. The zero-order valence-corrected chi connectivity index (χ0v) is 10.9. The smallest absolute Gasteiger partial charge is 0.218 e. The van der Waals surface area contributed by atoms with Crippen LogP contribution in [0.5, 0.6) is 0 Å². The van der Waals surface area contributed by atoms with Crippen molar-refractivity contribution in [3.8, 4) is 0 Å². The average Bonchev–Trinajstić information content (AvgIpc) is 2.28. The molecule has 16 heavy (non-hydrogen) atoms. The molecule has 0 aliphatic carbocycles. The number of nitrogens with zero attached hydrogens (tertiary/aromatic N) is 1. The summed E-state index contributed by atoms with van der Waals surface area (Å²) in [6.45, 7) is 5.44. The Hall–Kier alpha value is -0.170. The van der Waals surface area contributed by atoms with Gasteiger partial charge in [-0.05, 0) is 26.7 Å². The van der Waals surface area contributed by atoms with Crippen LogP contribution in [0.25, 0.3) is 0 Å². The highest BCUT2D eigenvalue weighted by atomic mass is 32.2. The maximum atomic E-state index is 12.1. The molecule has 0 aromatic rings. The SMILES string of the molecule is CCOC1CCCN(S(=O)(=O)C(C)CN)C1. The minimum atomic E-state index is -3.24. The monoisotopic (exact) mass is 250 g/mol. The molecule has 0 saturated carbocycles. The number of hydrogen-bond acceptors (Lipinski definition) is 4. The lowest BCUT2D eigenvalue weighted by molar-refractivity contribution is 0.0263. The quantitative estimate of drug-likeness (QED) is 0.754. The summed E-state index contributed by atoms with van der Waals surface area (Å²) >= 11 is 0. The van der Waals surface area contributed by atoms with Crippen molar-refractivity contribution in [3.63, 3.8) is 0 Å². The van der Waals surface area contributed by atoms with Gasteiger partial charge in [0.2, 0.25) is 10.0 Å². The van der Waals surface area contributed by atoms with E-state index in [4.69, 9.17) is 10.5 Å². The van der Waals surface area contributed by atoms with E-state index < -0.39 is 15.3 Å². The molecule has 2 atom stereocenters. The normalized spacial score (nSPS) is 25.6. The number of nitrogens with two attached hydrogens (primary N) is 1. The molecular formula is C10H22N2O3S. The first kappa shape index (κ1) is 13.9. The van der Waals surface area contributed by atoms with Crippen molar-refractivity contribution in [2.75, 3.05) is 26.2 Å². The van der Waals surface area contributed by atoms with E-state index in [1.807, 2.05) is 6.92 Å². The summed E-state index contributed by atoms with van der Waals surface area (Å²) in [4.78, 5) is 0. The number of ether oxygens (including phenoxy) is 1. The second-order valence-corrected chi connectivity index (χ2v) is 6.52. The van der Waals surface area contributed by atoms with E-state index in [0.717, 1.165) is 12.8 Å². The van der Waals surface area contributed by atoms with Crippen molar-refractivity contribution in [3.05, 3.63) is 0 Å². The summed E-state index contributed by atoms with van der Waals surface area (Å²) in [5.74, 6) is 0. The maximum absolute atomic E-state index is 12.1. The molecule has 0 aromatic heterocycles. The Balaban J connectivity index is 2.66. The third-order valence-corrected chi connectivity index (χ3v) is 5.20. The van der Waals surface area contributed by atoms with Crippen LogP contribution < -0.4 is 5.73 Å². The highest BCUT2D eigenvalue weighted by Gasteiger charge is 2.32. The Bertz CT molecular complexity index is 303. The van der Waals surface area contributed by atoms with Gasteiger partial charge in [-0.3, -0.25) is 0 Å². The third-order valence-electron chi connectivity index (χ3n) is 2.94.